The van der Waals surface area contributed by atoms with Crippen molar-refractivity contribution in [3.63, 3.8) is 0 Å². The first-order chi connectivity index (χ1) is 13.9. The zero-order chi connectivity index (χ0) is 20.6. The summed E-state index contributed by atoms with van der Waals surface area (Å²) in [7, 11) is 0.261. The summed E-state index contributed by atoms with van der Waals surface area (Å²) in [6.45, 7) is 1.97. The molecule has 4 aromatic rings. The van der Waals surface area contributed by atoms with Crippen LogP contribution in [0.1, 0.15) is 5.69 Å². The normalized spacial score (nSPS) is 11.6. The van der Waals surface area contributed by atoms with E-state index in [1.165, 1.54) is 0 Å². The maximum atomic E-state index is 12.9. The minimum Gasteiger partial charge on any atom is -0.378 e. The first kappa shape index (κ1) is 19.0. The molecule has 0 saturated carbocycles. The van der Waals surface area contributed by atoms with Gasteiger partial charge in [0.15, 0.2) is 0 Å². The SMILES string of the molecule is Cc1[nH]c2nccc(NS(=O)(=O)c3ccccc3)c2c1-c1cccc(N(C)C)c1. The van der Waals surface area contributed by atoms with E-state index in [0.717, 1.165) is 27.9 Å². The minimum absolute atomic E-state index is 0.216. The van der Waals surface area contributed by atoms with Gasteiger partial charge in [-0.1, -0.05) is 30.3 Å². The Bertz CT molecular complexity index is 1280. The van der Waals surface area contributed by atoms with Crippen LogP contribution in [0.25, 0.3) is 22.2 Å². The van der Waals surface area contributed by atoms with E-state index in [0.29, 0.717) is 11.3 Å². The van der Waals surface area contributed by atoms with Crippen LogP contribution in [0.2, 0.25) is 0 Å². The van der Waals surface area contributed by atoms with Crippen molar-refractivity contribution in [2.45, 2.75) is 11.8 Å². The molecule has 0 aliphatic rings. The summed E-state index contributed by atoms with van der Waals surface area (Å²) >= 11 is 0. The number of nitrogens with one attached hydrogen (secondary N) is 2. The molecule has 0 spiro atoms. The third kappa shape index (κ3) is 3.56. The Morgan fingerprint density at radius 2 is 1.76 bits per heavy atom. The van der Waals surface area contributed by atoms with Gasteiger partial charge in [0.25, 0.3) is 10.0 Å². The van der Waals surface area contributed by atoms with Gasteiger partial charge in [-0.25, -0.2) is 13.4 Å². The van der Waals surface area contributed by atoms with Crippen LogP contribution in [0.3, 0.4) is 0 Å². The first-order valence-electron chi connectivity index (χ1n) is 9.20. The van der Waals surface area contributed by atoms with Gasteiger partial charge < -0.3 is 9.88 Å². The number of nitrogens with zero attached hydrogens (tertiary/aromatic N) is 2. The van der Waals surface area contributed by atoms with Gasteiger partial charge in [0.2, 0.25) is 0 Å². The molecule has 6 nitrogen and oxygen atoms in total. The van der Waals surface area contributed by atoms with E-state index >= 15 is 0 Å². The summed E-state index contributed by atoms with van der Waals surface area (Å²) in [5.74, 6) is 0. The molecule has 0 fully saturated rings. The zero-order valence-corrected chi connectivity index (χ0v) is 17.3. The molecule has 0 saturated heterocycles. The Hall–Kier alpha value is -3.32. The minimum atomic E-state index is -3.72. The first-order valence-corrected chi connectivity index (χ1v) is 10.7. The maximum Gasteiger partial charge on any atom is 0.261 e. The highest BCUT2D eigenvalue weighted by Crippen LogP contribution is 2.37. The molecule has 0 radical (unpaired) electrons. The third-order valence-corrected chi connectivity index (χ3v) is 6.21. The van der Waals surface area contributed by atoms with Crippen molar-refractivity contribution in [3.8, 4) is 11.1 Å². The van der Waals surface area contributed by atoms with Crippen molar-refractivity contribution in [1.29, 1.82) is 0 Å². The van der Waals surface area contributed by atoms with Crippen LogP contribution in [0.5, 0.6) is 0 Å². The molecule has 2 N–H and O–H groups in total. The van der Waals surface area contributed by atoms with Gasteiger partial charge in [-0.15, -0.1) is 0 Å². The Labute approximate surface area is 170 Å². The second kappa shape index (κ2) is 7.25. The molecule has 4 rings (SSSR count). The van der Waals surface area contributed by atoms with Crippen molar-refractivity contribution in [2.75, 3.05) is 23.7 Å². The van der Waals surface area contributed by atoms with Crippen molar-refractivity contribution in [2.24, 2.45) is 0 Å². The summed E-state index contributed by atoms with van der Waals surface area (Å²) < 4.78 is 28.5. The fraction of sp³-hybridized carbons (Fsp3) is 0.136. The number of sulfonamides is 1. The average Bonchev–Trinajstić information content (AvgIpc) is 3.05. The summed E-state index contributed by atoms with van der Waals surface area (Å²) in [5, 5.41) is 0.750. The number of benzene rings is 2. The molecule has 0 atom stereocenters. The lowest BCUT2D eigenvalue weighted by atomic mass is 10.0. The number of hydrogen-bond donors (Lipinski definition) is 2. The van der Waals surface area contributed by atoms with Crippen molar-refractivity contribution < 1.29 is 8.42 Å². The highest BCUT2D eigenvalue weighted by atomic mass is 32.2. The lowest BCUT2D eigenvalue weighted by molar-refractivity contribution is 0.601. The van der Waals surface area contributed by atoms with E-state index in [1.807, 2.05) is 44.1 Å². The largest absolute Gasteiger partial charge is 0.378 e. The molecule has 2 heterocycles. The highest BCUT2D eigenvalue weighted by molar-refractivity contribution is 7.92. The number of H-pyrrole nitrogens is 1. The quantitative estimate of drug-likeness (QED) is 0.515. The number of anilines is 2. The molecule has 29 heavy (non-hydrogen) atoms. The molecule has 0 unspecified atom stereocenters. The number of pyridine rings is 1. The standard InChI is InChI=1S/C22H22N4O2S/c1-15-20(16-8-7-9-17(14-16)26(2)3)21-19(12-13-23-22(21)24-15)25-29(27,28)18-10-5-4-6-11-18/h4-14H,1-3H3,(H2,23,24,25). The van der Waals surface area contributed by atoms with E-state index in [2.05, 4.69) is 20.8 Å². The van der Waals surface area contributed by atoms with Crippen molar-refractivity contribution in [1.82, 2.24) is 9.97 Å². The monoisotopic (exact) mass is 406 g/mol. The fourth-order valence-corrected chi connectivity index (χ4v) is 4.52. The van der Waals surface area contributed by atoms with Crippen molar-refractivity contribution in [3.05, 3.63) is 72.6 Å². The zero-order valence-electron chi connectivity index (χ0n) is 16.5. The van der Waals surface area contributed by atoms with Gasteiger partial charge in [0.1, 0.15) is 5.65 Å². The second-order valence-corrected chi connectivity index (χ2v) is 8.75. The van der Waals surface area contributed by atoms with Crippen LogP contribution in [0.15, 0.2) is 71.8 Å². The molecule has 0 bridgehead atoms. The van der Waals surface area contributed by atoms with Gasteiger partial charge >= 0.3 is 0 Å². The molecular weight excluding hydrogens is 384 g/mol. The highest BCUT2D eigenvalue weighted by Gasteiger charge is 2.20. The Morgan fingerprint density at radius 3 is 2.48 bits per heavy atom. The third-order valence-electron chi connectivity index (χ3n) is 4.83. The molecular formula is C22H22N4O2S. The van der Waals surface area contributed by atoms with Crippen LogP contribution >= 0.6 is 0 Å². The Kier molecular flexibility index (Phi) is 4.76. The Morgan fingerprint density at radius 1 is 1.00 bits per heavy atom. The lowest BCUT2D eigenvalue weighted by Crippen LogP contribution is -2.13. The molecule has 2 aromatic carbocycles. The summed E-state index contributed by atoms with van der Waals surface area (Å²) in [6.07, 6.45) is 1.60. The number of aromatic amines is 1. The van der Waals surface area contributed by atoms with Crippen LogP contribution in [0.4, 0.5) is 11.4 Å². The number of fused-ring (bicyclic) bond motifs is 1. The van der Waals surface area contributed by atoms with Crippen LogP contribution < -0.4 is 9.62 Å². The van der Waals surface area contributed by atoms with Gasteiger partial charge in [0.05, 0.1) is 16.0 Å². The number of aromatic nitrogens is 2. The number of aryl methyl sites for hydroxylation is 1. The smallest absolute Gasteiger partial charge is 0.261 e. The van der Waals surface area contributed by atoms with Gasteiger partial charge in [0, 0.05) is 37.2 Å². The van der Waals surface area contributed by atoms with E-state index in [1.54, 1.807) is 42.6 Å². The maximum absolute atomic E-state index is 12.9. The molecule has 0 amide bonds. The van der Waals surface area contributed by atoms with E-state index < -0.39 is 10.0 Å². The van der Waals surface area contributed by atoms with Crippen molar-refractivity contribution >= 4 is 32.4 Å². The average molecular weight is 407 g/mol. The summed E-state index contributed by atoms with van der Waals surface area (Å²) in [6, 6.07) is 18.2. The van der Waals surface area contributed by atoms with Gasteiger partial charge in [-0.2, -0.15) is 0 Å². The van der Waals surface area contributed by atoms with Gasteiger partial charge in [-0.05, 0) is 42.8 Å². The predicted octanol–water partition coefficient (Wildman–Crippen LogP) is 4.41. The molecule has 0 aliphatic heterocycles. The van der Waals surface area contributed by atoms with E-state index in [9.17, 15) is 8.42 Å². The number of rotatable bonds is 5. The lowest BCUT2D eigenvalue weighted by Gasteiger charge is -2.14. The second-order valence-electron chi connectivity index (χ2n) is 7.07. The van der Waals surface area contributed by atoms with Crippen LogP contribution in [0, 0.1) is 6.92 Å². The van der Waals surface area contributed by atoms with E-state index in [-0.39, 0.29) is 4.90 Å². The topological polar surface area (TPSA) is 78.1 Å². The van der Waals surface area contributed by atoms with Crippen LogP contribution in [-0.2, 0) is 10.0 Å². The predicted molar refractivity (Wildman–Crippen MR) is 118 cm³/mol. The summed E-state index contributed by atoms with van der Waals surface area (Å²) in [4.78, 5) is 9.94. The number of hydrogen-bond acceptors (Lipinski definition) is 4. The molecule has 0 aliphatic carbocycles. The van der Waals surface area contributed by atoms with Crippen LogP contribution in [-0.4, -0.2) is 32.5 Å². The molecule has 148 valence electrons. The fourth-order valence-electron chi connectivity index (χ4n) is 3.43. The van der Waals surface area contributed by atoms with E-state index in [4.69, 9.17) is 0 Å². The Balaban J connectivity index is 1.88. The molecule has 2 aromatic heterocycles. The van der Waals surface area contributed by atoms with Gasteiger partial charge in [-0.3, -0.25) is 4.72 Å². The molecule has 7 heteroatoms. The summed E-state index contributed by atoms with van der Waals surface area (Å²) in [5.41, 5.74) is 5.05.